The van der Waals surface area contributed by atoms with E-state index < -0.39 is 0 Å². The molecule has 4 heteroatoms. The molecule has 0 aromatic rings. The van der Waals surface area contributed by atoms with Gasteiger partial charge in [0, 0.05) is 0 Å². The van der Waals surface area contributed by atoms with Crippen molar-refractivity contribution in [2.45, 2.75) is 52.9 Å². The molecule has 0 heterocycles. The van der Waals surface area contributed by atoms with Crippen LogP contribution in [0, 0.1) is 27.0 Å². The van der Waals surface area contributed by atoms with Gasteiger partial charge in [0.1, 0.15) is 0 Å². The van der Waals surface area contributed by atoms with Crippen molar-refractivity contribution in [1.29, 1.82) is 0 Å². The van der Waals surface area contributed by atoms with Gasteiger partial charge in [-0.2, -0.15) is 17.2 Å². The van der Waals surface area contributed by atoms with Crippen LogP contribution in [0.3, 0.4) is 0 Å². The molecule has 0 saturated heterocycles. The first-order valence-electron chi connectivity index (χ1n) is 6.71. The third-order valence-corrected chi connectivity index (χ3v) is 3.03. The Hall–Kier alpha value is 0.640. The van der Waals surface area contributed by atoms with E-state index in [1.807, 2.05) is 19.0 Å². The van der Waals surface area contributed by atoms with Gasteiger partial charge in [0.25, 0.3) is 0 Å². The Morgan fingerprint density at radius 3 is 1.91 bits per heavy atom. The molecule has 0 nitrogen and oxygen atoms in total. The summed E-state index contributed by atoms with van der Waals surface area (Å²) in [6, 6.07) is 0. The molecule has 2 aliphatic rings. The molecule has 2 rings (SSSR count). The maximum absolute atomic E-state index is 3.45. The van der Waals surface area contributed by atoms with Crippen LogP contribution in [0.15, 0.2) is 34.9 Å². The first-order valence-corrected chi connectivity index (χ1v) is 12.6. The number of rotatable bonds is 3. The van der Waals surface area contributed by atoms with E-state index in [0.29, 0.717) is 0 Å². The average Bonchev–Trinajstić information content (AvgIpc) is 3.12. The molecular formula is C18H32Cl2SiZr-4. The molecule has 130 valence electrons. The fourth-order valence-electron chi connectivity index (χ4n) is 2.12. The summed E-state index contributed by atoms with van der Waals surface area (Å²) in [5.41, 5.74) is 4.68. The average molecular weight is 439 g/mol. The van der Waals surface area contributed by atoms with Crippen molar-refractivity contribution in [3.8, 4) is 0 Å². The third-order valence-electron chi connectivity index (χ3n) is 3.03. The minimum absolute atomic E-state index is 0. The van der Waals surface area contributed by atoms with E-state index in [1.165, 1.54) is 18.4 Å². The second-order valence-electron chi connectivity index (χ2n) is 3.98. The second-order valence-corrected chi connectivity index (χ2v) is 3.98. The normalized spacial score (nSPS) is 12.9. The topological polar surface area (TPSA) is 0 Å². The molecule has 0 N–H and O–H groups in total. The number of hydrogen-bond donors (Lipinski definition) is 0. The zero-order valence-electron chi connectivity index (χ0n) is 14.8. The van der Waals surface area contributed by atoms with E-state index >= 15 is 0 Å². The maximum atomic E-state index is 3.45. The SMILES string of the molecule is CCC1=[C-]CC(CC)=C1CC.Cl.Cl.[C-]1=CC=CC1.[CH3-].[CH3-].[SiH2]=[Zr]. The molecule has 0 bridgehead atoms. The summed E-state index contributed by atoms with van der Waals surface area (Å²) in [5, 5.41) is 0. The third kappa shape index (κ3) is 13.1. The van der Waals surface area contributed by atoms with Crippen molar-refractivity contribution in [1.82, 2.24) is 0 Å². The molecule has 0 aromatic carbocycles. The van der Waals surface area contributed by atoms with Crippen LogP contribution in [0.2, 0.25) is 0 Å². The van der Waals surface area contributed by atoms with Crippen LogP contribution in [0.25, 0.3) is 0 Å². The summed E-state index contributed by atoms with van der Waals surface area (Å²) in [6.45, 7) is 8.65. The van der Waals surface area contributed by atoms with E-state index in [4.69, 9.17) is 0 Å². The van der Waals surface area contributed by atoms with Crippen LogP contribution in [-0.2, 0) is 23.3 Å². The first-order chi connectivity index (χ1) is 8.83. The van der Waals surface area contributed by atoms with E-state index in [-0.39, 0.29) is 39.7 Å². The fraction of sp³-hybridized carbons (Fsp3) is 0.444. The molecule has 0 saturated carbocycles. The quantitative estimate of drug-likeness (QED) is 0.387. The van der Waals surface area contributed by atoms with Crippen LogP contribution >= 0.6 is 24.8 Å². The van der Waals surface area contributed by atoms with Crippen LogP contribution in [0.5, 0.6) is 0 Å². The molecule has 0 radical (unpaired) electrons. The van der Waals surface area contributed by atoms with Gasteiger partial charge in [0.05, 0.1) is 0 Å². The molecule has 0 unspecified atom stereocenters. The predicted octanol–water partition coefficient (Wildman–Crippen LogP) is 5.78. The molecule has 0 fully saturated rings. The Balaban J connectivity index is -0.0000000762. The van der Waals surface area contributed by atoms with Gasteiger partial charge in [-0.25, -0.2) is 17.7 Å². The zero-order chi connectivity index (χ0) is 13.8. The van der Waals surface area contributed by atoms with Crippen molar-refractivity contribution in [2.75, 3.05) is 0 Å². The fourth-order valence-corrected chi connectivity index (χ4v) is 2.12. The van der Waals surface area contributed by atoms with Gasteiger partial charge in [-0.1, -0.05) is 40.0 Å². The summed E-state index contributed by atoms with van der Waals surface area (Å²) < 4.78 is 0. The van der Waals surface area contributed by atoms with E-state index in [2.05, 4.69) is 39.0 Å². The van der Waals surface area contributed by atoms with E-state index in [9.17, 15) is 0 Å². The standard InChI is InChI=1S/C11H17.C5H5.2CH3.2ClH.H2Si.Zr/c1-4-9-7-8-10(5-2)11(9)6-3;1-2-4-5-3-1;;;;;;/h4-7H2,1-3H3;1-3H,4H2;2*1H3;2*1H;1H2;/q4*-1;;;;. The van der Waals surface area contributed by atoms with Crippen molar-refractivity contribution in [3.05, 3.63) is 62.0 Å². The predicted molar refractivity (Wildman–Crippen MR) is 107 cm³/mol. The summed E-state index contributed by atoms with van der Waals surface area (Å²) in [6.07, 6.45) is 18.1. The molecule has 0 amide bonds. The Morgan fingerprint density at radius 2 is 1.64 bits per heavy atom. The van der Waals surface area contributed by atoms with Crippen LogP contribution in [-0.4, -0.2) is 6.88 Å². The minimum atomic E-state index is 0. The van der Waals surface area contributed by atoms with Gasteiger partial charge in [-0.05, 0) is 0 Å². The Bertz CT molecular complexity index is 348. The van der Waals surface area contributed by atoms with Crippen molar-refractivity contribution in [3.63, 3.8) is 0 Å². The summed E-state index contributed by atoms with van der Waals surface area (Å²) >= 11 is 1.58. The van der Waals surface area contributed by atoms with Crippen molar-refractivity contribution >= 4 is 31.7 Å². The molecule has 0 atom stereocenters. The van der Waals surface area contributed by atoms with E-state index in [1.54, 1.807) is 34.5 Å². The molecule has 22 heavy (non-hydrogen) atoms. The van der Waals surface area contributed by atoms with Crippen molar-refractivity contribution in [2.24, 2.45) is 0 Å². The molecule has 0 spiro atoms. The van der Waals surface area contributed by atoms with Crippen LogP contribution in [0.4, 0.5) is 0 Å². The Morgan fingerprint density at radius 1 is 1.05 bits per heavy atom. The van der Waals surface area contributed by atoms with E-state index in [0.717, 1.165) is 19.3 Å². The van der Waals surface area contributed by atoms with Gasteiger partial charge in [-0.3, -0.25) is 12.2 Å². The van der Waals surface area contributed by atoms with Gasteiger partial charge < -0.3 is 14.9 Å². The Labute approximate surface area is 169 Å². The first kappa shape index (κ1) is 34.1. The molecule has 0 aromatic heterocycles. The molecular weight excluding hydrogens is 406 g/mol. The van der Waals surface area contributed by atoms with Crippen LogP contribution in [0.1, 0.15) is 52.9 Å². The number of halogens is 2. The number of allylic oxidation sites excluding steroid dienone is 8. The van der Waals surface area contributed by atoms with Crippen LogP contribution < -0.4 is 0 Å². The molecule has 2 aliphatic carbocycles. The monoisotopic (exact) mass is 436 g/mol. The van der Waals surface area contributed by atoms with Gasteiger partial charge >= 0.3 is 30.2 Å². The summed E-state index contributed by atoms with van der Waals surface area (Å²) in [5.74, 6) is 0. The molecule has 0 aliphatic heterocycles. The van der Waals surface area contributed by atoms with Crippen molar-refractivity contribution < 1.29 is 23.3 Å². The van der Waals surface area contributed by atoms with Gasteiger partial charge in [0.2, 0.25) is 0 Å². The van der Waals surface area contributed by atoms with Gasteiger partial charge in [-0.15, -0.1) is 37.7 Å². The summed E-state index contributed by atoms with van der Waals surface area (Å²) in [7, 11) is 0. The van der Waals surface area contributed by atoms with Gasteiger partial charge in [0.15, 0.2) is 0 Å². The second kappa shape index (κ2) is 23.9. The Kier molecular flexibility index (Phi) is 37.0. The number of hydrogen-bond acceptors (Lipinski definition) is 0. The summed E-state index contributed by atoms with van der Waals surface area (Å²) in [4.78, 5) is 0. The zero-order valence-corrected chi connectivity index (χ0v) is 20.3.